The van der Waals surface area contributed by atoms with Gasteiger partial charge < -0.3 is 4.98 Å². The number of hydrogen-bond donors (Lipinski definition) is 1. The number of thioether (sulfide) groups is 1. The van der Waals surface area contributed by atoms with Crippen LogP contribution in [0.25, 0.3) is 0 Å². The molecule has 3 nitrogen and oxygen atoms in total. The van der Waals surface area contributed by atoms with Crippen molar-refractivity contribution in [2.24, 2.45) is 5.92 Å². The molecule has 1 aromatic rings. The van der Waals surface area contributed by atoms with Gasteiger partial charge in [0.25, 0.3) is 5.56 Å². The van der Waals surface area contributed by atoms with E-state index in [1.54, 1.807) is 6.07 Å². The Morgan fingerprint density at radius 1 is 1.50 bits per heavy atom. The maximum atomic E-state index is 11.4. The van der Waals surface area contributed by atoms with Gasteiger partial charge in [-0.3, -0.25) is 4.79 Å². The molecule has 0 unspecified atom stereocenters. The number of nitrogens with zero attached hydrogens (tertiary/aromatic N) is 1. The van der Waals surface area contributed by atoms with Crippen molar-refractivity contribution in [3.05, 3.63) is 27.9 Å². The quantitative estimate of drug-likeness (QED) is 0.831. The van der Waals surface area contributed by atoms with Gasteiger partial charge in [0, 0.05) is 11.8 Å². The van der Waals surface area contributed by atoms with Crippen LogP contribution < -0.4 is 5.56 Å². The minimum atomic E-state index is -0.0291. The molecule has 1 aromatic heterocycles. The first kappa shape index (κ1) is 13.3. The molecule has 0 bridgehead atoms. The second-order valence-corrected chi connectivity index (χ2v) is 5.37. The lowest BCUT2D eigenvalue weighted by Crippen LogP contribution is -2.12. The van der Waals surface area contributed by atoms with Gasteiger partial charge in [-0.25, -0.2) is 4.98 Å². The van der Waals surface area contributed by atoms with Crippen LogP contribution in [0.2, 0.25) is 0 Å². The highest BCUT2D eigenvalue weighted by Crippen LogP contribution is 2.12. The zero-order chi connectivity index (χ0) is 12.0. The Bertz CT molecular complexity index is 374. The van der Waals surface area contributed by atoms with E-state index in [1.807, 2.05) is 11.8 Å². The molecule has 0 saturated heterocycles. The largest absolute Gasteiger partial charge is 0.310 e. The molecule has 0 fully saturated rings. The third-order valence-electron chi connectivity index (χ3n) is 2.04. The number of H-pyrrole nitrogens is 1. The number of hydrogen-bond acceptors (Lipinski definition) is 3. The van der Waals surface area contributed by atoms with Crippen molar-refractivity contribution in [3.63, 3.8) is 0 Å². The summed E-state index contributed by atoms with van der Waals surface area (Å²) in [6, 6.07) is 1.60. The first-order valence-corrected chi connectivity index (χ1v) is 6.94. The Morgan fingerprint density at radius 2 is 2.25 bits per heavy atom. The minimum Gasteiger partial charge on any atom is -0.310 e. The fourth-order valence-electron chi connectivity index (χ4n) is 1.41. The summed E-state index contributed by atoms with van der Waals surface area (Å²) in [7, 11) is 0. The topological polar surface area (TPSA) is 45.8 Å². The standard InChI is InChI=1S/C12H20N2OS/c1-4-5-10-6-12(15)14-11(13-10)8-16-7-9(2)3/h6,9H,4-5,7-8H2,1-3H3,(H,13,14,15). The van der Waals surface area contributed by atoms with E-state index in [9.17, 15) is 4.79 Å². The first-order chi connectivity index (χ1) is 7.61. The van der Waals surface area contributed by atoms with Crippen LogP contribution in [0.5, 0.6) is 0 Å². The number of aryl methyl sites for hydroxylation is 1. The van der Waals surface area contributed by atoms with Crippen LogP contribution in [0.15, 0.2) is 10.9 Å². The number of rotatable bonds is 6. The summed E-state index contributed by atoms with van der Waals surface area (Å²) in [6.45, 7) is 6.48. The van der Waals surface area contributed by atoms with Crippen molar-refractivity contribution in [2.45, 2.75) is 39.4 Å². The van der Waals surface area contributed by atoms with Gasteiger partial charge in [-0.2, -0.15) is 11.8 Å². The molecule has 1 heterocycles. The summed E-state index contributed by atoms with van der Waals surface area (Å²) in [6.07, 6.45) is 1.90. The lowest BCUT2D eigenvalue weighted by atomic mass is 10.2. The van der Waals surface area contributed by atoms with E-state index in [2.05, 4.69) is 30.7 Å². The van der Waals surface area contributed by atoms with Crippen molar-refractivity contribution in [1.29, 1.82) is 0 Å². The van der Waals surface area contributed by atoms with Gasteiger partial charge in [0.15, 0.2) is 0 Å². The molecule has 1 N–H and O–H groups in total. The van der Waals surface area contributed by atoms with E-state index in [0.717, 1.165) is 35.9 Å². The predicted octanol–water partition coefficient (Wildman–Crippen LogP) is 2.61. The predicted molar refractivity (Wildman–Crippen MR) is 69.9 cm³/mol. The Hall–Kier alpha value is -0.770. The molecular weight excluding hydrogens is 220 g/mol. The van der Waals surface area contributed by atoms with Gasteiger partial charge in [-0.1, -0.05) is 27.2 Å². The van der Waals surface area contributed by atoms with Crippen molar-refractivity contribution >= 4 is 11.8 Å². The molecular formula is C12H20N2OS. The average Bonchev–Trinajstić information content (AvgIpc) is 2.16. The second-order valence-electron chi connectivity index (χ2n) is 4.34. The molecule has 0 amide bonds. The van der Waals surface area contributed by atoms with Gasteiger partial charge in [-0.05, 0) is 18.1 Å². The number of aromatic nitrogens is 2. The average molecular weight is 240 g/mol. The van der Waals surface area contributed by atoms with E-state index in [4.69, 9.17) is 0 Å². The van der Waals surface area contributed by atoms with Gasteiger partial charge in [0.2, 0.25) is 0 Å². The molecule has 1 rings (SSSR count). The van der Waals surface area contributed by atoms with Crippen LogP contribution >= 0.6 is 11.8 Å². The number of aromatic amines is 1. The Balaban J connectivity index is 2.61. The summed E-state index contributed by atoms with van der Waals surface area (Å²) in [5.74, 6) is 3.38. The lowest BCUT2D eigenvalue weighted by Gasteiger charge is -2.05. The summed E-state index contributed by atoms with van der Waals surface area (Å²) >= 11 is 1.82. The van der Waals surface area contributed by atoms with Crippen LogP contribution in [-0.2, 0) is 12.2 Å². The van der Waals surface area contributed by atoms with Crippen molar-refractivity contribution < 1.29 is 0 Å². The highest BCUT2D eigenvalue weighted by molar-refractivity contribution is 7.98. The fraction of sp³-hybridized carbons (Fsp3) is 0.667. The summed E-state index contributed by atoms with van der Waals surface area (Å²) in [4.78, 5) is 18.6. The van der Waals surface area contributed by atoms with Gasteiger partial charge in [-0.15, -0.1) is 0 Å². The molecule has 0 spiro atoms. The Kier molecular flexibility index (Phi) is 5.60. The monoisotopic (exact) mass is 240 g/mol. The van der Waals surface area contributed by atoms with Crippen molar-refractivity contribution in [1.82, 2.24) is 9.97 Å². The highest BCUT2D eigenvalue weighted by Gasteiger charge is 2.02. The molecule has 0 atom stereocenters. The summed E-state index contributed by atoms with van der Waals surface area (Å²) in [5.41, 5.74) is 0.880. The van der Waals surface area contributed by atoms with Crippen LogP contribution in [0.3, 0.4) is 0 Å². The number of nitrogens with one attached hydrogen (secondary N) is 1. The molecule has 4 heteroatoms. The van der Waals surface area contributed by atoms with E-state index < -0.39 is 0 Å². The zero-order valence-electron chi connectivity index (χ0n) is 10.2. The minimum absolute atomic E-state index is 0.0291. The molecule has 0 aliphatic carbocycles. The van der Waals surface area contributed by atoms with E-state index >= 15 is 0 Å². The van der Waals surface area contributed by atoms with Gasteiger partial charge >= 0.3 is 0 Å². The van der Waals surface area contributed by atoms with Crippen LogP contribution in [0.4, 0.5) is 0 Å². The van der Waals surface area contributed by atoms with E-state index in [1.165, 1.54) is 0 Å². The Labute approximate surface area is 101 Å². The van der Waals surface area contributed by atoms with Crippen LogP contribution in [0, 0.1) is 5.92 Å². The SMILES string of the molecule is CCCc1cc(=O)[nH]c(CSCC(C)C)n1. The first-order valence-electron chi connectivity index (χ1n) is 5.78. The normalized spacial score (nSPS) is 11.0. The molecule has 90 valence electrons. The maximum Gasteiger partial charge on any atom is 0.251 e. The van der Waals surface area contributed by atoms with Crippen molar-refractivity contribution in [3.8, 4) is 0 Å². The molecule has 0 radical (unpaired) electrons. The molecule has 0 aliphatic rings. The molecule has 16 heavy (non-hydrogen) atoms. The van der Waals surface area contributed by atoms with Crippen molar-refractivity contribution in [2.75, 3.05) is 5.75 Å². The summed E-state index contributed by atoms with van der Waals surface area (Å²) < 4.78 is 0. The van der Waals surface area contributed by atoms with Crippen LogP contribution in [0.1, 0.15) is 38.7 Å². The highest BCUT2D eigenvalue weighted by atomic mass is 32.2. The van der Waals surface area contributed by atoms with E-state index in [-0.39, 0.29) is 5.56 Å². The van der Waals surface area contributed by atoms with Crippen LogP contribution in [-0.4, -0.2) is 15.7 Å². The Morgan fingerprint density at radius 3 is 2.88 bits per heavy atom. The smallest absolute Gasteiger partial charge is 0.251 e. The maximum absolute atomic E-state index is 11.4. The fourth-order valence-corrected chi connectivity index (χ4v) is 2.33. The second kappa shape index (κ2) is 6.74. The third kappa shape index (κ3) is 4.84. The molecule has 0 saturated carbocycles. The third-order valence-corrected chi connectivity index (χ3v) is 3.42. The van der Waals surface area contributed by atoms with E-state index in [0.29, 0.717) is 5.92 Å². The van der Waals surface area contributed by atoms with Gasteiger partial charge in [0.1, 0.15) is 5.82 Å². The molecule has 0 aromatic carbocycles. The molecule has 0 aliphatic heterocycles. The zero-order valence-corrected chi connectivity index (χ0v) is 11.1. The van der Waals surface area contributed by atoms with Gasteiger partial charge in [0.05, 0.1) is 5.75 Å². The lowest BCUT2D eigenvalue weighted by molar-refractivity contribution is 0.749. The summed E-state index contributed by atoms with van der Waals surface area (Å²) in [5, 5.41) is 0.